The highest BCUT2D eigenvalue weighted by molar-refractivity contribution is 6.32. The van der Waals surface area contributed by atoms with E-state index in [0.29, 0.717) is 28.3 Å². The van der Waals surface area contributed by atoms with Crippen molar-refractivity contribution < 1.29 is 18.7 Å². The van der Waals surface area contributed by atoms with Gasteiger partial charge in [0.15, 0.2) is 11.5 Å². The molecule has 4 nitrogen and oxygen atoms in total. The quantitative estimate of drug-likeness (QED) is 0.923. The first-order valence-electron chi connectivity index (χ1n) is 6.45. The number of nitrogens with one attached hydrogen (secondary N) is 1. The second-order valence-corrected chi connectivity index (χ2v) is 5.01. The summed E-state index contributed by atoms with van der Waals surface area (Å²) in [6, 6.07) is 7.14. The average Bonchev–Trinajstić information content (AvgIpc) is 2.49. The minimum absolute atomic E-state index is 0.267. The van der Waals surface area contributed by atoms with Crippen LogP contribution in [-0.4, -0.2) is 20.1 Å². The number of amides is 1. The lowest BCUT2D eigenvalue weighted by Crippen LogP contribution is -2.13. The Labute approximate surface area is 132 Å². The van der Waals surface area contributed by atoms with E-state index >= 15 is 0 Å². The van der Waals surface area contributed by atoms with Crippen molar-refractivity contribution in [1.82, 2.24) is 0 Å². The van der Waals surface area contributed by atoms with Crippen molar-refractivity contribution in [3.63, 3.8) is 0 Å². The van der Waals surface area contributed by atoms with E-state index in [1.54, 1.807) is 6.92 Å². The third kappa shape index (κ3) is 3.31. The Balaban J connectivity index is 2.31. The zero-order valence-corrected chi connectivity index (χ0v) is 13.1. The summed E-state index contributed by atoms with van der Waals surface area (Å²) in [5.41, 5.74) is 1.46. The summed E-state index contributed by atoms with van der Waals surface area (Å²) in [4.78, 5) is 12.3. The van der Waals surface area contributed by atoms with Gasteiger partial charge < -0.3 is 14.8 Å². The number of benzene rings is 2. The van der Waals surface area contributed by atoms with Gasteiger partial charge in [0.25, 0.3) is 5.91 Å². The molecule has 1 N–H and O–H groups in total. The van der Waals surface area contributed by atoms with E-state index in [-0.39, 0.29) is 16.7 Å². The predicted octanol–water partition coefficient (Wildman–Crippen LogP) is 4.06. The topological polar surface area (TPSA) is 47.6 Å². The molecule has 0 heterocycles. The van der Waals surface area contributed by atoms with Gasteiger partial charge in [-0.3, -0.25) is 4.79 Å². The highest BCUT2D eigenvalue weighted by atomic mass is 35.5. The summed E-state index contributed by atoms with van der Waals surface area (Å²) in [7, 11) is 2.92. The van der Waals surface area contributed by atoms with Crippen LogP contribution < -0.4 is 14.8 Å². The second-order valence-electron chi connectivity index (χ2n) is 4.61. The molecule has 0 unspecified atom stereocenters. The van der Waals surface area contributed by atoms with Crippen molar-refractivity contribution in [3.05, 3.63) is 52.3 Å². The maximum Gasteiger partial charge on any atom is 0.255 e. The fraction of sp³-hybridized carbons (Fsp3) is 0.188. The zero-order valence-electron chi connectivity index (χ0n) is 12.4. The van der Waals surface area contributed by atoms with Gasteiger partial charge in [-0.1, -0.05) is 11.6 Å². The fourth-order valence-corrected chi connectivity index (χ4v) is 2.30. The first-order valence-corrected chi connectivity index (χ1v) is 6.83. The lowest BCUT2D eigenvalue weighted by Gasteiger charge is -2.12. The monoisotopic (exact) mass is 323 g/mol. The summed E-state index contributed by atoms with van der Waals surface area (Å²) < 4.78 is 23.4. The lowest BCUT2D eigenvalue weighted by atomic mass is 10.1. The number of rotatable bonds is 4. The number of aryl methyl sites for hydroxylation is 1. The molecule has 0 aliphatic carbocycles. The van der Waals surface area contributed by atoms with Crippen molar-refractivity contribution in [2.45, 2.75) is 6.92 Å². The van der Waals surface area contributed by atoms with Crippen LogP contribution in [0.2, 0.25) is 5.02 Å². The van der Waals surface area contributed by atoms with Crippen LogP contribution in [0.4, 0.5) is 10.1 Å². The molecule has 0 aliphatic rings. The maximum atomic E-state index is 13.1. The number of ether oxygens (including phenoxy) is 2. The Morgan fingerprint density at radius 2 is 1.91 bits per heavy atom. The molecule has 2 aromatic rings. The number of carbonyl (C=O) groups is 1. The number of methoxy groups -OCH3 is 2. The highest BCUT2D eigenvalue weighted by Crippen LogP contribution is 2.36. The van der Waals surface area contributed by atoms with Gasteiger partial charge >= 0.3 is 0 Å². The minimum atomic E-state index is -0.377. The maximum absolute atomic E-state index is 13.1. The van der Waals surface area contributed by atoms with Crippen LogP contribution in [0.5, 0.6) is 11.5 Å². The molecule has 1 amide bonds. The van der Waals surface area contributed by atoms with Gasteiger partial charge in [-0.2, -0.15) is 0 Å². The van der Waals surface area contributed by atoms with Crippen LogP contribution in [0.1, 0.15) is 15.9 Å². The Bertz CT molecular complexity index is 719. The molecule has 0 atom stereocenters. The molecule has 0 aromatic heterocycles. The smallest absolute Gasteiger partial charge is 0.255 e. The van der Waals surface area contributed by atoms with Crippen LogP contribution >= 0.6 is 11.6 Å². The summed E-state index contributed by atoms with van der Waals surface area (Å²) >= 11 is 6.08. The van der Waals surface area contributed by atoms with Gasteiger partial charge in [0.2, 0.25) is 0 Å². The first kappa shape index (κ1) is 16.1. The predicted molar refractivity (Wildman–Crippen MR) is 83.6 cm³/mol. The summed E-state index contributed by atoms with van der Waals surface area (Å²) in [5, 5.41) is 2.98. The molecule has 0 fully saturated rings. The Morgan fingerprint density at radius 3 is 2.50 bits per heavy atom. The van der Waals surface area contributed by atoms with E-state index in [0.717, 1.165) is 0 Å². The molecule has 0 saturated carbocycles. The fourth-order valence-electron chi connectivity index (χ4n) is 2.01. The molecule has 6 heteroatoms. The van der Waals surface area contributed by atoms with Gasteiger partial charge in [0, 0.05) is 11.3 Å². The molecule has 22 heavy (non-hydrogen) atoms. The van der Waals surface area contributed by atoms with Gasteiger partial charge in [-0.25, -0.2) is 4.39 Å². The SMILES string of the molecule is COc1cc(C(=O)Nc2ccc(F)cc2C)cc(Cl)c1OC. The molecule has 116 valence electrons. The number of hydrogen-bond acceptors (Lipinski definition) is 3. The standard InChI is InChI=1S/C16H15ClFNO3/c1-9-6-11(18)4-5-13(9)19-16(20)10-7-12(17)15(22-3)14(8-10)21-2/h4-8H,1-3H3,(H,19,20). The van der Waals surface area contributed by atoms with Crippen molar-refractivity contribution in [1.29, 1.82) is 0 Å². The van der Waals surface area contributed by atoms with Gasteiger partial charge in [0.05, 0.1) is 19.2 Å². The molecule has 0 radical (unpaired) electrons. The first-order chi connectivity index (χ1) is 10.5. The van der Waals surface area contributed by atoms with Crippen LogP contribution in [0, 0.1) is 12.7 Å². The van der Waals surface area contributed by atoms with Gasteiger partial charge in [-0.15, -0.1) is 0 Å². The Hall–Kier alpha value is -2.27. The van der Waals surface area contributed by atoms with E-state index in [9.17, 15) is 9.18 Å². The number of anilines is 1. The van der Waals surface area contributed by atoms with Crippen molar-refractivity contribution in [2.75, 3.05) is 19.5 Å². The third-order valence-electron chi connectivity index (χ3n) is 3.13. The third-order valence-corrected chi connectivity index (χ3v) is 3.41. The molecule has 2 rings (SSSR count). The lowest BCUT2D eigenvalue weighted by molar-refractivity contribution is 0.102. The van der Waals surface area contributed by atoms with E-state index in [4.69, 9.17) is 21.1 Å². The molecular weight excluding hydrogens is 309 g/mol. The van der Waals surface area contributed by atoms with E-state index in [2.05, 4.69) is 5.32 Å². The molecule has 0 aliphatic heterocycles. The summed E-state index contributed by atoms with van der Waals surface area (Å²) in [6.45, 7) is 1.71. The van der Waals surface area contributed by atoms with E-state index < -0.39 is 0 Å². The second kappa shape index (κ2) is 6.66. The van der Waals surface area contributed by atoms with Gasteiger partial charge in [0.1, 0.15) is 5.82 Å². The normalized spacial score (nSPS) is 10.2. The van der Waals surface area contributed by atoms with Crippen LogP contribution in [0.25, 0.3) is 0 Å². The number of halogens is 2. The van der Waals surface area contributed by atoms with Crippen LogP contribution in [0.3, 0.4) is 0 Å². The number of carbonyl (C=O) groups excluding carboxylic acids is 1. The summed E-state index contributed by atoms with van der Waals surface area (Å²) in [6.07, 6.45) is 0. The molecule has 0 saturated heterocycles. The molecule has 0 spiro atoms. The van der Waals surface area contributed by atoms with Crippen LogP contribution in [0.15, 0.2) is 30.3 Å². The average molecular weight is 324 g/mol. The van der Waals surface area contributed by atoms with Crippen molar-refractivity contribution in [2.24, 2.45) is 0 Å². The van der Waals surface area contributed by atoms with E-state index in [1.165, 1.54) is 44.6 Å². The van der Waals surface area contributed by atoms with Crippen LogP contribution in [-0.2, 0) is 0 Å². The highest BCUT2D eigenvalue weighted by Gasteiger charge is 2.16. The Kier molecular flexibility index (Phi) is 4.88. The number of hydrogen-bond donors (Lipinski definition) is 1. The molecular formula is C16H15ClFNO3. The molecule has 2 aromatic carbocycles. The minimum Gasteiger partial charge on any atom is -0.493 e. The summed E-state index contributed by atoms with van der Waals surface area (Å²) in [5.74, 6) is -0.0168. The largest absolute Gasteiger partial charge is 0.493 e. The van der Waals surface area contributed by atoms with Gasteiger partial charge in [-0.05, 0) is 42.8 Å². The van der Waals surface area contributed by atoms with E-state index in [1.807, 2.05) is 0 Å². The Morgan fingerprint density at radius 1 is 1.18 bits per heavy atom. The zero-order chi connectivity index (χ0) is 16.3. The molecule has 0 bridgehead atoms. The van der Waals surface area contributed by atoms with Crippen molar-refractivity contribution >= 4 is 23.2 Å². The van der Waals surface area contributed by atoms with Crippen molar-refractivity contribution in [3.8, 4) is 11.5 Å².